The van der Waals surface area contributed by atoms with Crippen molar-refractivity contribution in [3.05, 3.63) is 0 Å². The molecule has 2 heterocycles. The minimum Gasteiger partial charge on any atom is -0.394 e. The molecule has 0 aromatic heterocycles. The highest BCUT2D eigenvalue weighted by molar-refractivity contribution is 6.12. The normalized spacial score (nSPS) is 55.3. The minimum absolute atomic E-state index is 0.0932. The lowest BCUT2D eigenvalue weighted by atomic mass is 9.82. The SMILES string of the molecule is [B][C@@H]1O[C@H](CO)[C@H]2OC(C)O[C@@]12C. The molecule has 2 aliphatic heterocycles. The molecule has 72 valence electrons. The van der Waals surface area contributed by atoms with Crippen LogP contribution in [0.5, 0.6) is 0 Å². The van der Waals surface area contributed by atoms with Gasteiger partial charge in [-0.15, -0.1) is 0 Å². The largest absolute Gasteiger partial charge is 0.394 e. The van der Waals surface area contributed by atoms with Gasteiger partial charge in [0.2, 0.25) is 0 Å². The van der Waals surface area contributed by atoms with Gasteiger partial charge in [0.25, 0.3) is 0 Å². The summed E-state index contributed by atoms with van der Waals surface area (Å²) in [6.45, 7) is 3.57. The number of hydrogen-bond donors (Lipinski definition) is 1. The number of fused-ring (bicyclic) bond motifs is 1. The molecule has 2 radical (unpaired) electrons. The van der Waals surface area contributed by atoms with Crippen molar-refractivity contribution in [2.45, 2.75) is 43.9 Å². The monoisotopic (exact) mass is 184 g/mol. The molecule has 2 saturated heterocycles. The fourth-order valence-corrected chi connectivity index (χ4v) is 2.01. The highest BCUT2D eigenvalue weighted by Gasteiger charge is 2.58. The second kappa shape index (κ2) is 2.95. The lowest BCUT2D eigenvalue weighted by Gasteiger charge is -2.24. The van der Waals surface area contributed by atoms with E-state index in [1.807, 2.05) is 13.8 Å². The molecule has 0 saturated carbocycles. The molecule has 5 heteroatoms. The fraction of sp³-hybridized carbons (Fsp3) is 1.00. The molecule has 4 nitrogen and oxygen atoms in total. The van der Waals surface area contributed by atoms with E-state index in [1.165, 1.54) is 0 Å². The molecule has 13 heavy (non-hydrogen) atoms. The van der Waals surface area contributed by atoms with E-state index in [4.69, 9.17) is 27.2 Å². The molecule has 0 spiro atoms. The van der Waals surface area contributed by atoms with Crippen molar-refractivity contribution < 1.29 is 19.3 Å². The first-order valence-corrected chi connectivity index (χ1v) is 4.43. The summed E-state index contributed by atoms with van der Waals surface area (Å²) < 4.78 is 16.3. The third kappa shape index (κ3) is 1.22. The summed E-state index contributed by atoms with van der Waals surface area (Å²) in [4.78, 5) is 0. The zero-order chi connectivity index (χ0) is 9.64. The van der Waals surface area contributed by atoms with Crippen LogP contribution in [-0.4, -0.2) is 49.7 Å². The maximum absolute atomic E-state index is 9.02. The predicted molar refractivity (Wildman–Crippen MR) is 45.3 cm³/mol. The molecule has 2 fully saturated rings. The highest BCUT2D eigenvalue weighted by atomic mass is 16.8. The summed E-state index contributed by atoms with van der Waals surface area (Å²) >= 11 is 0. The van der Waals surface area contributed by atoms with Crippen LogP contribution >= 0.6 is 0 Å². The Hall–Kier alpha value is -0.0951. The summed E-state index contributed by atoms with van der Waals surface area (Å²) in [5.74, 6) is 0. The summed E-state index contributed by atoms with van der Waals surface area (Å²) in [6.07, 6.45) is -0.911. The number of aliphatic hydroxyl groups is 1. The predicted octanol–water partition coefficient (Wildman–Crippen LogP) is -0.608. The van der Waals surface area contributed by atoms with E-state index in [0.29, 0.717) is 0 Å². The second-order valence-corrected chi connectivity index (χ2v) is 3.70. The first kappa shape index (κ1) is 9.46. The van der Waals surface area contributed by atoms with Gasteiger partial charge >= 0.3 is 0 Å². The van der Waals surface area contributed by atoms with Crippen LogP contribution in [0.3, 0.4) is 0 Å². The van der Waals surface area contributed by atoms with Crippen molar-refractivity contribution in [2.75, 3.05) is 6.61 Å². The zero-order valence-corrected chi connectivity index (χ0v) is 7.77. The first-order chi connectivity index (χ1) is 6.08. The molecular formula is C8H13BO4. The molecule has 2 aliphatic rings. The van der Waals surface area contributed by atoms with Crippen LogP contribution in [-0.2, 0) is 14.2 Å². The van der Waals surface area contributed by atoms with Gasteiger partial charge in [0.05, 0.1) is 6.61 Å². The van der Waals surface area contributed by atoms with Gasteiger partial charge in [0, 0.05) is 6.00 Å². The van der Waals surface area contributed by atoms with Crippen molar-refractivity contribution in [2.24, 2.45) is 0 Å². The van der Waals surface area contributed by atoms with E-state index < -0.39 is 11.6 Å². The van der Waals surface area contributed by atoms with Crippen molar-refractivity contribution in [1.82, 2.24) is 0 Å². The van der Waals surface area contributed by atoms with Crippen molar-refractivity contribution >= 4 is 7.85 Å². The summed E-state index contributed by atoms with van der Waals surface area (Å²) in [6, 6.07) is -0.528. The molecule has 0 amide bonds. The van der Waals surface area contributed by atoms with Crippen LogP contribution in [0.25, 0.3) is 0 Å². The van der Waals surface area contributed by atoms with Crippen LogP contribution in [0.4, 0.5) is 0 Å². The van der Waals surface area contributed by atoms with Gasteiger partial charge in [-0.3, -0.25) is 0 Å². The van der Waals surface area contributed by atoms with Gasteiger partial charge in [-0.1, -0.05) is 0 Å². The third-order valence-electron chi connectivity index (χ3n) is 2.73. The number of aliphatic hydroxyl groups excluding tert-OH is 1. The Morgan fingerprint density at radius 2 is 2.15 bits per heavy atom. The summed E-state index contributed by atoms with van der Waals surface area (Å²) in [5.41, 5.74) is -0.618. The second-order valence-electron chi connectivity index (χ2n) is 3.70. The minimum atomic E-state index is -0.618. The Bertz CT molecular complexity index is 212. The van der Waals surface area contributed by atoms with Gasteiger partial charge in [0.15, 0.2) is 6.29 Å². The molecule has 5 atom stereocenters. The molecule has 1 unspecified atom stereocenters. The molecule has 0 aliphatic carbocycles. The van der Waals surface area contributed by atoms with Crippen molar-refractivity contribution in [3.8, 4) is 0 Å². The average Bonchev–Trinajstić information content (AvgIpc) is 2.47. The molecular weight excluding hydrogens is 171 g/mol. The van der Waals surface area contributed by atoms with Crippen LogP contribution in [0, 0.1) is 0 Å². The topological polar surface area (TPSA) is 47.9 Å². The number of rotatable bonds is 1. The Balaban J connectivity index is 2.21. The third-order valence-corrected chi connectivity index (χ3v) is 2.73. The average molecular weight is 184 g/mol. The molecule has 0 aromatic carbocycles. The first-order valence-electron chi connectivity index (χ1n) is 4.43. The van der Waals surface area contributed by atoms with E-state index in [1.54, 1.807) is 0 Å². The molecule has 2 rings (SSSR count). The standard InChI is InChI=1S/C8H13BO4/c1-4-11-6-5(3-10)12-7(9)8(6,2)13-4/h4-7,10H,3H2,1-2H3/t4?,5-,6-,7-,8-/m1/s1. The van der Waals surface area contributed by atoms with E-state index in [2.05, 4.69) is 0 Å². The highest BCUT2D eigenvalue weighted by Crippen LogP contribution is 2.41. The Morgan fingerprint density at radius 3 is 2.77 bits per heavy atom. The van der Waals surface area contributed by atoms with Gasteiger partial charge in [-0.2, -0.15) is 0 Å². The van der Waals surface area contributed by atoms with Crippen LogP contribution < -0.4 is 0 Å². The van der Waals surface area contributed by atoms with E-state index in [0.717, 1.165) is 0 Å². The Kier molecular flexibility index (Phi) is 2.15. The van der Waals surface area contributed by atoms with Crippen molar-refractivity contribution in [1.29, 1.82) is 0 Å². The number of ether oxygens (including phenoxy) is 3. The van der Waals surface area contributed by atoms with Crippen molar-refractivity contribution in [3.63, 3.8) is 0 Å². The maximum atomic E-state index is 9.02. The van der Waals surface area contributed by atoms with E-state index in [-0.39, 0.29) is 25.1 Å². The van der Waals surface area contributed by atoms with Gasteiger partial charge in [0.1, 0.15) is 25.7 Å². The van der Waals surface area contributed by atoms with E-state index >= 15 is 0 Å². The summed E-state index contributed by atoms with van der Waals surface area (Å²) in [5, 5.41) is 9.02. The zero-order valence-electron chi connectivity index (χ0n) is 7.77. The van der Waals surface area contributed by atoms with Gasteiger partial charge in [-0.05, 0) is 13.8 Å². The number of hydrogen-bond acceptors (Lipinski definition) is 4. The molecule has 1 N–H and O–H groups in total. The summed E-state index contributed by atoms with van der Waals surface area (Å²) in [7, 11) is 5.74. The quantitative estimate of drug-likeness (QED) is 0.552. The lowest BCUT2D eigenvalue weighted by molar-refractivity contribution is -0.128. The van der Waals surface area contributed by atoms with Gasteiger partial charge in [-0.25, -0.2) is 0 Å². The molecule has 0 bridgehead atoms. The maximum Gasteiger partial charge on any atom is 0.156 e. The van der Waals surface area contributed by atoms with E-state index in [9.17, 15) is 0 Å². The Morgan fingerprint density at radius 1 is 1.46 bits per heavy atom. The smallest absolute Gasteiger partial charge is 0.156 e. The lowest BCUT2D eigenvalue weighted by Crippen LogP contribution is -2.43. The van der Waals surface area contributed by atoms with Gasteiger partial charge < -0.3 is 19.3 Å². The van der Waals surface area contributed by atoms with Crippen LogP contribution in [0.15, 0.2) is 0 Å². The fourth-order valence-electron chi connectivity index (χ4n) is 2.01. The van der Waals surface area contributed by atoms with Crippen LogP contribution in [0.2, 0.25) is 0 Å². The molecule has 0 aromatic rings. The van der Waals surface area contributed by atoms with Crippen LogP contribution in [0.1, 0.15) is 13.8 Å². The Labute approximate surface area is 78.6 Å².